The first-order valence-electron chi connectivity index (χ1n) is 5.64. The highest BCUT2D eigenvalue weighted by Crippen LogP contribution is 2.21. The van der Waals surface area contributed by atoms with E-state index in [-0.39, 0.29) is 17.8 Å². The van der Waals surface area contributed by atoms with Crippen molar-refractivity contribution in [1.29, 1.82) is 0 Å². The first kappa shape index (κ1) is 13.0. The van der Waals surface area contributed by atoms with Gasteiger partial charge in [-0.1, -0.05) is 0 Å². The summed E-state index contributed by atoms with van der Waals surface area (Å²) in [7, 11) is 1.38. The van der Waals surface area contributed by atoms with Crippen molar-refractivity contribution < 1.29 is 14.3 Å². The number of methoxy groups -OCH3 is 1. The van der Waals surface area contributed by atoms with Crippen LogP contribution in [0.3, 0.4) is 0 Å². The third kappa shape index (κ3) is 3.48. The van der Waals surface area contributed by atoms with Crippen molar-refractivity contribution in [3.8, 4) is 0 Å². The Hall–Kier alpha value is -1.10. The fourth-order valence-corrected chi connectivity index (χ4v) is 2.06. The van der Waals surface area contributed by atoms with Gasteiger partial charge in [0.15, 0.2) is 0 Å². The number of piperidine rings is 1. The molecule has 1 rings (SSSR count). The Morgan fingerprint density at radius 2 is 2.12 bits per heavy atom. The minimum absolute atomic E-state index is 0.0751. The molecule has 1 aliphatic rings. The largest absolute Gasteiger partial charge is 0.469 e. The minimum Gasteiger partial charge on any atom is -0.469 e. The smallest absolute Gasteiger partial charge is 0.306 e. The predicted molar refractivity (Wildman–Crippen MR) is 59.6 cm³/mol. The summed E-state index contributed by atoms with van der Waals surface area (Å²) in [5.74, 6) is -0.530. The summed E-state index contributed by atoms with van der Waals surface area (Å²) in [5.41, 5.74) is 5.30. The molecule has 1 fully saturated rings. The highest BCUT2D eigenvalue weighted by atomic mass is 16.5. The standard InChI is InChI=1S/C11H20N2O3/c1-8-3-4-9(11(12)15)7-13(8)6-5-10(14)16-2/h8-9H,3-7H2,1-2H3,(H2,12,15). The normalized spacial score (nSPS) is 26.4. The van der Waals surface area contributed by atoms with Crippen molar-refractivity contribution in [1.82, 2.24) is 4.90 Å². The van der Waals surface area contributed by atoms with Crippen molar-refractivity contribution in [2.45, 2.75) is 32.2 Å². The van der Waals surface area contributed by atoms with Crippen LogP contribution in [0, 0.1) is 5.92 Å². The molecule has 5 heteroatoms. The number of hydrogen-bond donors (Lipinski definition) is 1. The van der Waals surface area contributed by atoms with E-state index in [0.717, 1.165) is 12.8 Å². The van der Waals surface area contributed by atoms with Crippen LogP contribution < -0.4 is 5.73 Å². The molecule has 2 N–H and O–H groups in total. The SMILES string of the molecule is COC(=O)CCN1CC(C(N)=O)CCC1C. The van der Waals surface area contributed by atoms with Crippen LogP contribution in [0.25, 0.3) is 0 Å². The Labute approximate surface area is 95.9 Å². The number of amides is 1. The zero-order valence-electron chi connectivity index (χ0n) is 9.94. The van der Waals surface area contributed by atoms with Gasteiger partial charge in [-0.25, -0.2) is 0 Å². The van der Waals surface area contributed by atoms with Crippen LogP contribution >= 0.6 is 0 Å². The van der Waals surface area contributed by atoms with Crippen LogP contribution in [0.4, 0.5) is 0 Å². The van der Waals surface area contributed by atoms with Crippen LogP contribution in [0.15, 0.2) is 0 Å². The Morgan fingerprint density at radius 3 is 2.69 bits per heavy atom. The second-order valence-corrected chi connectivity index (χ2v) is 4.35. The van der Waals surface area contributed by atoms with Gasteiger partial charge in [0.05, 0.1) is 19.4 Å². The molecule has 0 aromatic carbocycles. The minimum atomic E-state index is -0.241. The molecule has 0 bridgehead atoms. The van der Waals surface area contributed by atoms with E-state index in [1.54, 1.807) is 0 Å². The van der Waals surface area contributed by atoms with Crippen LogP contribution in [-0.4, -0.2) is 43.0 Å². The molecule has 16 heavy (non-hydrogen) atoms. The monoisotopic (exact) mass is 228 g/mol. The molecular formula is C11H20N2O3. The number of primary amides is 1. The number of likely N-dealkylation sites (tertiary alicyclic amines) is 1. The van der Waals surface area contributed by atoms with Gasteiger partial charge in [0, 0.05) is 19.1 Å². The fraction of sp³-hybridized carbons (Fsp3) is 0.818. The number of esters is 1. The lowest BCUT2D eigenvalue weighted by atomic mass is 9.93. The number of nitrogens with two attached hydrogens (primary N) is 1. The molecule has 1 aliphatic heterocycles. The van der Waals surface area contributed by atoms with Crippen molar-refractivity contribution in [3.63, 3.8) is 0 Å². The number of rotatable bonds is 4. The third-order valence-corrected chi connectivity index (χ3v) is 3.24. The van der Waals surface area contributed by atoms with E-state index < -0.39 is 0 Å². The van der Waals surface area contributed by atoms with Crippen LogP contribution in [-0.2, 0) is 14.3 Å². The van der Waals surface area contributed by atoms with E-state index in [4.69, 9.17) is 5.73 Å². The Kier molecular flexibility index (Phi) is 4.73. The lowest BCUT2D eigenvalue weighted by molar-refractivity contribution is -0.141. The van der Waals surface area contributed by atoms with Crippen LogP contribution in [0.2, 0.25) is 0 Å². The Bertz CT molecular complexity index is 268. The zero-order chi connectivity index (χ0) is 12.1. The molecule has 92 valence electrons. The van der Waals surface area contributed by atoms with Crippen LogP contribution in [0.1, 0.15) is 26.2 Å². The number of carbonyl (C=O) groups is 2. The zero-order valence-corrected chi connectivity index (χ0v) is 9.94. The molecule has 0 radical (unpaired) electrons. The van der Waals surface area contributed by atoms with E-state index in [2.05, 4.69) is 16.6 Å². The number of ether oxygens (including phenoxy) is 1. The maximum atomic E-state index is 11.1. The second kappa shape index (κ2) is 5.84. The first-order valence-corrected chi connectivity index (χ1v) is 5.64. The van der Waals surface area contributed by atoms with E-state index in [1.807, 2.05) is 0 Å². The van der Waals surface area contributed by atoms with Gasteiger partial charge in [0.1, 0.15) is 0 Å². The molecule has 2 atom stereocenters. The maximum absolute atomic E-state index is 11.1. The van der Waals surface area contributed by atoms with E-state index in [0.29, 0.717) is 25.6 Å². The van der Waals surface area contributed by atoms with E-state index in [9.17, 15) is 9.59 Å². The molecule has 0 aliphatic carbocycles. The molecule has 1 amide bonds. The lowest BCUT2D eigenvalue weighted by Gasteiger charge is -2.36. The molecule has 0 spiro atoms. The number of nitrogens with zero attached hydrogens (tertiary/aromatic N) is 1. The van der Waals surface area contributed by atoms with Gasteiger partial charge in [-0.3, -0.25) is 14.5 Å². The Balaban J connectivity index is 2.43. The molecule has 0 aromatic heterocycles. The van der Waals surface area contributed by atoms with Crippen LogP contribution in [0.5, 0.6) is 0 Å². The summed E-state index contributed by atoms with van der Waals surface area (Å²) in [4.78, 5) is 24.3. The summed E-state index contributed by atoms with van der Waals surface area (Å²) in [6.45, 7) is 3.40. The summed E-state index contributed by atoms with van der Waals surface area (Å²) < 4.78 is 4.59. The van der Waals surface area contributed by atoms with E-state index >= 15 is 0 Å². The highest BCUT2D eigenvalue weighted by Gasteiger charge is 2.28. The molecule has 0 saturated carbocycles. The number of carbonyl (C=O) groups excluding carboxylic acids is 2. The van der Waals surface area contributed by atoms with Gasteiger partial charge in [0.25, 0.3) is 0 Å². The first-order chi connectivity index (χ1) is 7.54. The topological polar surface area (TPSA) is 72.6 Å². The van der Waals surface area contributed by atoms with Crippen molar-refractivity contribution >= 4 is 11.9 Å². The van der Waals surface area contributed by atoms with Crippen molar-refractivity contribution in [2.24, 2.45) is 11.7 Å². The van der Waals surface area contributed by atoms with Gasteiger partial charge in [-0.2, -0.15) is 0 Å². The summed E-state index contributed by atoms with van der Waals surface area (Å²) in [6.07, 6.45) is 2.17. The second-order valence-electron chi connectivity index (χ2n) is 4.35. The van der Waals surface area contributed by atoms with Gasteiger partial charge in [-0.05, 0) is 19.8 Å². The van der Waals surface area contributed by atoms with Crippen molar-refractivity contribution in [2.75, 3.05) is 20.2 Å². The average Bonchev–Trinajstić information content (AvgIpc) is 2.27. The third-order valence-electron chi connectivity index (χ3n) is 3.24. The molecular weight excluding hydrogens is 208 g/mol. The lowest BCUT2D eigenvalue weighted by Crippen LogP contribution is -2.46. The fourth-order valence-electron chi connectivity index (χ4n) is 2.06. The molecule has 5 nitrogen and oxygen atoms in total. The highest BCUT2D eigenvalue weighted by molar-refractivity contribution is 5.77. The maximum Gasteiger partial charge on any atom is 0.306 e. The van der Waals surface area contributed by atoms with Gasteiger partial charge in [-0.15, -0.1) is 0 Å². The molecule has 1 saturated heterocycles. The molecule has 2 unspecified atom stereocenters. The van der Waals surface area contributed by atoms with E-state index in [1.165, 1.54) is 7.11 Å². The van der Waals surface area contributed by atoms with Gasteiger partial charge >= 0.3 is 5.97 Å². The van der Waals surface area contributed by atoms with Crippen molar-refractivity contribution in [3.05, 3.63) is 0 Å². The van der Waals surface area contributed by atoms with Gasteiger partial charge in [0.2, 0.25) is 5.91 Å². The quantitative estimate of drug-likeness (QED) is 0.694. The Morgan fingerprint density at radius 1 is 1.44 bits per heavy atom. The molecule has 1 heterocycles. The molecule has 0 aromatic rings. The number of hydrogen-bond acceptors (Lipinski definition) is 4. The summed E-state index contributed by atoms with van der Waals surface area (Å²) >= 11 is 0. The average molecular weight is 228 g/mol. The summed E-state index contributed by atoms with van der Waals surface area (Å²) in [6, 6.07) is 0.403. The predicted octanol–water partition coefficient (Wildman–Crippen LogP) is 0.135. The summed E-state index contributed by atoms with van der Waals surface area (Å²) in [5, 5.41) is 0. The van der Waals surface area contributed by atoms with Gasteiger partial charge < -0.3 is 10.5 Å².